The Morgan fingerprint density at radius 3 is 2.53 bits per heavy atom. The van der Waals surface area contributed by atoms with E-state index in [0.29, 0.717) is 5.82 Å². The number of pyridine rings is 1. The Labute approximate surface area is 99.9 Å². The molecular weight excluding hydrogens is 255 g/mol. The van der Waals surface area contributed by atoms with Gasteiger partial charge in [-0.2, -0.15) is 13.2 Å². The van der Waals surface area contributed by atoms with Gasteiger partial charge in [-0.25, -0.2) is 9.97 Å². The minimum atomic E-state index is -4.45. The molecule has 0 aliphatic carbocycles. The van der Waals surface area contributed by atoms with Crippen molar-refractivity contribution in [1.82, 2.24) is 14.5 Å². The van der Waals surface area contributed by atoms with E-state index in [2.05, 4.69) is 9.97 Å². The molecule has 2 aromatic heterocycles. The molecule has 0 aliphatic rings. The topological polar surface area (TPSA) is 30.7 Å². The normalized spacial score (nSPS) is 11.8. The van der Waals surface area contributed by atoms with Gasteiger partial charge in [0.1, 0.15) is 10.8 Å². The van der Waals surface area contributed by atoms with Crippen molar-refractivity contribution in [3.8, 4) is 11.5 Å². The minimum absolute atomic E-state index is 0.0947. The van der Waals surface area contributed by atoms with Crippen LogP contribution in [0.2, 0.25) is 5.15 Å². The summed E-state index contributed by atoms with van der Waals surface area (Å²) >= 11 is 5.58. The van der Waals surface area contributed by atoms with Crippen molar-refractivity contribution in [3.05, 3.63) is 35.2 Å². The Morgan fingerprint density at radius 1 is 1.29 bits per heavy atom. The number of rotatable bonds is 1. The van der Waals surface area contributed by atoms with E-state index in [4.69, 9.17) is 11.6 Å². The van der Waals surface area contributed by atoms with Crippen LogP contribution in [0, 0.1) is 0 Å². The summed E-state index contributed by atoms with van der Waals surface area (Å²) in [7, 11) is 1.66. The molecule has 2 heterocycles. The summed E-state index contributed by atoms with van der Waals surface area (Å²) in [5, 5.41) is -0.210. The molecule has 0 radical (unpaired) electrons. The summed E-state index contributed by atoms with van der Waals surface area (Å²) in [4.78, 5) is 7.76. The van der Waals surface area contributed by atoms with Gasteiger partial charge in [-0.3, -0.25) is 0 Å². The van der Waals surface area contributed by atoms with Crippen molar-refractivity contribution >= 4 is 11.6 Å². The number of hydrogen-bond acceptors (Lipinski definition) is 2. The third-order valence-electron chi connectivity index (χ3n) is 2.17. The monoisotopic (exact) mass is 261 g/mol. The fourth-order valence-electron chi connectivity index (χ4n) is 1.39. The van der Waals surface area contributed by atoms with E-state index in [1.807, 2.05) is 0 Å². The lowest BCUT2D eigenvalue weighted by molar-refractivity contribution is -0.137. The van der Waals surface area contributed by atoms with Gasteiger partial charge in [-0.05, 0) is 12.1 Å². The third-order valence-corrected chi connectivity index (χ3v) is 2.37. The van der Waals surface area contributed by atoms with Crippen LogP contribution in [0.5, 0.6) is 0 Å². The predicted octanol–water partition coefficient (Wildman–Crippen LogP) is 3.15. The third kappa shape index (κ3) is 2.41. The van der Waals surface area contributed by atoms with Crippen LogP contribution >= 0.6 is 11.6 Å². The first-order valence-corrected chi connectivity index (χ1v) is 4.98. The average molecular weight is 262 g/mol. The molecule has 0 amide bonds. The van der Waals surface area contributed by atoms with Crippen LogP contribution in [-0.4, -0.2) is 14.5 Å². The predicted molar refractivity (Wildman–Crippen MR) is 56.5 cm³/mol. The molecule has 0 bridgehead atoms. The molecule has 3 nitrogen and oxygen atoms in total. The van der Waals surface area contributed by atoms with Gasteiger partial charge in [0, 0.05) is 19.4 Å². The van der Waals surface area contributed by atoms with Crippen molar-refractivity contribution in [1.29, 1.82) is 0 Å². The Kier molecular flexibility index (Phi) is 2.82. The fourth-order valence-corrected chi connectivity index (χ4v) is 1.60. The summed E-state index contributed by atoms with van der Waals surface area (Å²) in [6.45, 7) is 0. The van der Waals surface area contributed by atoms with E-state index < -0.39 is 11.7 Å². The summed E-state index contributed by atoms with van der Waals surface area (Å²) in [5.74, 6) is 0.331. The van der Waals surface area contributed by atoms with Gasteiger partial charge >= 0.3 is 6.18 Å². The molecule has 0 spiro atoms. The van der Waals surface area contributed by atoms with E-state index in [-0.39, 0.29) is 10.8 Å². The van der Waals surface area contributed by atoms with Crippen molar-refractivity contribution < 1.29 is 13.2 Å². The van der Waals surface area contributed by atoms with Gasteiger partial charge in [0.2, 0.25) is 0 Å². The zero-order valence-corrected chi connectivity index (χ0v) is 9.42. The van der Waals surface area contributed by atoms with Gasteiger partial charge in [-0.1, -0.05) is 11.6 Å². The SMILES string of the molecule is Cn1ccnc1-c1cc(C(F)(F)F)cc(Cl)n1. The lowest BCUT2D eigenvalue weighted by Gasteiger charge is -2.09. The number of nitrogens with zero attached hydrogens (tertiary/aromatic N) is 3. The highest BCUT2D eigenvalue weighted by Crippen LogP contribution is 2.32. The maximum atomic E-state index is 12.6. The van der Waals surface area contributed by atoms with Crippen LogP contribution in [0.25, 0.3) is 11.5 Å². The van der Waals surface area contributed by atoms with Crippen LogP contribution in [0.1, 0.15) is 5.56 Å². The highest BCUT2D eigenvalue weighted by Gasteiger charge is 2.31. The van der Waals surface area contributed by atoms with Crippen molar-refractivity contribution in [3.63, 3.8) is 0 Å². The van der Waals surface area contributed by atoms with Crippen LogP contribution in [0.3, 0.4) is 0 Å². The molecule has 0 saturated carbocycles. The highest BCUT2D eigenvalue weighted by molar-refractivity contribution is 6.29. The molecule has 0 saturated heterocycles. The second kappa shape index (κ2) is 4.03. The molecule has 0 fully saturated rings. The number of hydrogen-bond donors (Lipinski definition) is 0. The lowest BCUT2D eigenvalue weighted by Crippen LogP contribution is -2.06. The van der Waals surface area contributed by atoms with E-state index in [9.17, 15) is 13.2 Å². The van der Waals surface area contributed by atoms with Gasteiger partial charge in [0.15, 0.2) is 5.82 Å². The van der Waals surface area contributed by atoms with Crippen LogP contribution in [0.15, 0.2) is 24.5 Å². The summed E-state index contributed by atoms with van der Waals surface area (Å²) in [6, 6.07) is 1.71. The number of alkyl halides is 3. The van der Waals surface area contributed by atoms with Crippen molar-refractivity contribution in [2.45, 2.75) is 6.18 Å². The number of imidazole rings is 1. The van der Waals surface area contributed by atoms with E-state index in [1.54, 1.807) is 17.8 Å². The summed E-state index contributed by atoms with van der Waals surface area (Å²) in [5.41, 5.74) is -0.743. The van der Waals surface area contributed by atoms with Crippen LogP contribution in [0.4, 0.5) is 13.2 Å². The van der Waals surface area contributed by atoms with Gasteiger partial charge in [-0.15, -0.1) is 0 Å². The van der Waals surface area contributed by atoms with Gasteiger partial charge in [0.05, 0.1) is 5.56 Å². The molecule has 0 atom stereocenters. The molecule has 90 valence electrons. The largest absolute Gasteiger partial charge is 0.416 e. The quantitative estimate of drug-likeness (QED) is 0.738. The summed E-state index contributed by atoms with van der Waals surface area (Å²) in [6.07, 6.45) is -1.36. The Hall–Kier alpha value is -1.56. The number of aromatic nitrogens is 3. The van der Waals surface area contributed by atoms with Crippen LogP contribution < -0.4 is 0 Å². The Bertz CT molecular complexity index is 548. The highest BCUT2D eigenvalue weighted by atomic mass is 35.5. The van der Waals surface area contributed by atoms with Crippen molar-refractivity contribution in [2.75, 3.05) is 0 Å². The molecule has 2 aromatic rings. The fraction of sp³-hybridized carbons (Fsp3) is 0.200. The molecule has 0 aromatic carbocycles. The molecule has 0 N–H and O–H groups in total. The number of halogens is 4. The molecule has 0 aliphatic heterocycles. The molecule has 7 heteroatoms. The molecular formula is C10H7ClF3N3. The zero-order valence-electron chi connectivity index (χ0n) is 8.66. The Morgan fingerprint density at radius 2 is 2.00 bits per heavy atom. The standard InChI is InChI=1S/C10H7ClF3N3/c1-17-3-2-15-9(17)7-4-6(10(12,13)14)5-8(11)16-7/h2-5H,1H3. The average Bonchev–Trinajstić information content (AvgIpc) is 2.62. The zero-order chi connectivity index (χ0) is 12.6. The van der Waals surface area contributed by atoms with Crippen LogP contribution in [-0.2, 0) is 13.2 Å². The second-order valence-electron chi connectivity index (χ2n) is 3.42. The van der Waals surface area contributed by atoms with Gasteiger partial charge in [0.25, 0.3) is 0 Å². The summed E-state index contributed by atoms with van der Waals surface area (Å²) < 4.78 is 39.3. The first kappa shape index (κ1) is 11.9. The molecule has 2 rings (SSSR count). The number of aryl methyl sites for hydroxylation is 1. The maximum absolute atomic E-state index is 12.6. The van der Waals surface area contributed by atoms with E-state index in [1.165, 1.54) is 6.20 Å². The molecule has 0 unspecified atom stereocenters. The Balaban J connectivity index is 2.57. The maximum Gasteiger partial charge on any atom is 0.416 e. The van der Waals surface area contributed by atoms with E-state index >= 15 is 0 Å². The first-order valence-electron chi connectivity index (χ1n) is 4.60. The van der Waals surface area contributed by atoms with Crippen molar-refractivity contribution in [2.24, 2.45) is 7.05 Å². The van der Waals surface area contributed by atoms with E-state index in [0.717, 1.165) is 12.1 Å². The first-order chi connectivity index (χ1) is 7.88. The lowest BCUT2D eigenvalue weighted by atomic mass is 10.2. The van der Waals surface area contributed by atoms with Gasteiger partial charge < -0.3 is 4.57 Å². The smallest absolute Gasteiger partial charge is 0.333 e. The molecule has 17 heavy (non-hydrogen) atoms. The minimum Gasteiger partial charge on any atom is -0.333 e. The second-order valence-corrected chi connectivity index (χ2v) is 3.81.